The number of amides is 1. The molecule has 1 amide bonds. The van der Waals surface area contributed by atoms with Crippen LogP contribution >= 0.6 is 11.3 Å². The second-order valence-corrected chi connectivity index (χ2v) is 6.86. The summed E-state index contributed by atoms with van der Waals surface area (Å²) in [5, 5.41) is 14.4. The van der Waals surface area contributed by atoms with Crippen molar-refractivity contribution in [2.24, 2.45) is 0 Å². The minimum Gasteiger partial charge on any atom is -0.387 e. The maximum atomic E-state index is 12.8. The van der Waals surface area contributed by atoms with Crippen LogP contribution in [0.25, 0.3) is 10.2 Å². The number of aromatic nitrogens is 3. The van der Waals surface area contributed by atoms with Gasteiger partial charge in [0.05, 0.1) is 46.3 Å². The molecule has 7 heteroatoms. The fourth-order valence-corrected chi connectivity index (χ4v) is 3.72. The molecule has 1 atom stereocenters. The highest BCUT2D eigenvalue weighted by atomic mass is 32.1. The Morgan fingerprint density at radius 1 is 1.38 bits per heavy atom. The van der Waals surface area contributed by atoms with Crippen LogP contribution in [0.3, 0.4) is 0 Å². The first-order valence-electron chi connectivity index (χ1n) is 8.03. The zero-order chi connectivity index (χ0) is 16.7. The third-order valence-corrected chi connectivity index (χ3v) is 5.20. The maximum Gasteiger partial charge on any atom is 0.254 e. The summed E-state index contributed by atoms with van der Waals surface area (Å²) >= 11 is 1.54. The van der Waals surface area contributed by atoms with Gasteiger partial charge in [-0.2, -0.15) is 5.10 Å². The first-order chi connectivity index (χ1) is 11.7. The van der Waals surface area contributed by atoms with Gasteiger partial charge in [0.25, 0.3) is 5.91 Å². The number of rotatable bonds is 3. The zero-order valence-electron chi connectivity index (χ0n) is 13.3. The monoisotopic (exact) mass is 342 g/mol. The lowest BCUT2D eigenvalue weighted by molar-refractivity contribution is 0.0706. The lowest BCUT2D eigenvalue weighted by atomic mass is 10.1. The third kappa shape index (κ3) is 2.59. The molecule has 2 aromatic heterocycles. The van der Waals surface area contributed by atoms with Crippen molar-refractivity contribution in [2.75, 3.05) is 6.54 Å². The minimum absolute atomic E-state index is 0.0235. The van der Waals surface area contributed by atoms with Gasteiger partial charge in [-0.05, 0) is 30.7 Å². The van der Waals surface area contributed by atoms with Gasteiger partial charge < -0.3 is 10.0 Å². The second-order valence-electron chi connectivity index (χ2n) is 5.97. The number of aliphatic hydroxyl groups excluding tert-OH is 1. The molecule has 0 fully saturated rings. The highest BCUT2D eigenvalue weighted by Gasteiger charge is 2.24. The van der Waals surface area contributed by atoms with E-state index in [-0.39, 0.29) is 5.91 Å². The second kappa shape index (κ2) is 5.99. The molecule has 3 heterocycles. The van der Waals surface area contributed by atoms with Crippen LogP contribution in [0.2, 0.25) is 0 Å². The van der Waals surface area contributed by atoms with E-state index in [4.69, 9.17) is 0 Å². The van der Waals surface area contributed by atoms with Crippen LogP contribution in [0.5, 0.6) is 0 Å². The average molecular weight is 342 g/mol. The summed E-state index contributed by atoms with van der Waals surface area (Å²) in [4.78, 5) is 18.9. The van der Waals surface area contributed by atoms with E-state index < -0.39 is 6.10 Å². The molecule has 1 aliphatic heterocycles. The molecule has 4 rings (SSSR count). The molecule has 6 nitrogen and oxygen atoms in total. The van der Waals surface area contributed by atoms with Crippen LogP contribution in [0.15, 0.2) is 29.8 Å². The number of carbonyl (C=O) groups is 1. The number of hydrogen-bond donors (Lipinski definition) is 1. The van der Waals surface area contributed by atoms with Crippen LogP contribution in [0.4, 0.5) is 0 Å². The van der Waals surface area contributed by atoms with Crippen LogP contribution in [-0.4, -0.2) is 37.2 Å². The van der Waals surface area contributed by atoms with Crippen molar-refractivity contribution in [3.63, 3.8) is 0 Å². The minimum atomic E-state index is -0.541. The Labute approximate surface area is 143 Å². The molecule has 0 aliphatic carbocycles. The third-order valence-electron chi connectivity index (χ3n) is 4.41. The predicted octanol–water partition coefficient (Wildman–Crippen LogP) is 2.59. The number of thiazole rings is 1. The van der Waals surface area contributed by atoms with Crippen molar-refractivity contribution >= 4 is 27.5 Å². The average Bonchev–Trinajstić information content (AvgIpc) is 3.25. The molecule has 124 valence electrons. The van der Waals surface area contributed by atoms with Crippen molar-refractivity contribution in [2.45, 2.75) is 32.5 Å². The Bertz CT molecular complexity index is 901. The van der Waals surface area contributed by atoms with E-state index in [1.807, 2.05) is 40.8 Å². The predicted molar refractivity (Wildman–Crippen MR) is 91.8 cm³/mol. The molecule has 0 bridgehead atoms. The van der Waals surface area contributed by atoms with Crippen LogP contribution in [-0.2, 0) is 13.1 Å². The number of benzene rings is 1. The lowest BCUT2D eigenvalue weighted by Crippen LogP contribution is -2.38. The number of hydrogen-bond acceptors (Lipinski definition) is 5. The van der Waals surface area contributed by atoms with Gasteiger partial charge in [-0.3, -0.25) is 9.48 Å². The molecule has 24 heavy (non-hydrogen) atoms. The lowest BCUT2D eigenvalue weighted by Gasteiger charge is -2.27. The van der Waals surface area contributed by atoms with Crippen LogP contribution in [0.1, 0.15) is 41.2 Å². The summed E-state index contributed by atoms with van der Waals surface area (Å²) in [5.74, 6) is 0.0235. The van der Waals surface area contributed by atoms with E-state index in [1.54, 1.807) is 5.51 Å². The van der Waals surface area contributed by atoms with E-state index in [9.17, 15) is 9.90 Å². The molecule has 3 aromatic rings. The van der Waals surface area contributed by atoms with Crippen molar-refractivity contribution in [1.82, 2.24) is 19.7 Å². The Morgan fingerprint density at radius 2 is 2.25 bits per heavy atom. The van der Waals surface area contributed by atoms with Gasteiger partial charge >= 0.3 is 0 Å². The topological polar surface area (TPSA) is 71.2 Å². The zero-order valence-corrected chi connectivity index (χ0v) is 14.2. The molecule has 1 aliphatic rings. The molecule has 0 spiro atoms. The van der Waals surface area contributed by atoms with Gasteiger partial charge in [0.15, 0.2) is 0 Å². The smallest absolute Gasteiger partial charge is 0.254 e. The van der Waals surface area contributed by atoms with Gasteiger partial charge in [-0.1, -0.05) is 6.92 Å². The number of fused-ring (bicyclic) bond motifs is 2. The first kappa shape index (κ1) is 15.3. The molecule has 1 unspecified atom stereocenters. The van der Waals surface area contributed by atoms with Gasteiger partial charge in [-0.25, -0.2) is 4.98 Å². The Hall–Kier alpha value is -2.25. The van der Waals surface area contributed by atoms with Crippen LogP contribution < -0.4 is 0 Å². The van der Waals surface area contributed by atoms with Crippen molar-refractivity contribution < 1.29 is 9.90 Å². The summed E-state index contributed by atoms with van der Waals surface area (Å²) in [7, 11) is 0. The highest BCUT2D eigenvalue weighted by Crippen LogP contribution is 2.23. The summed E-state index contributed by atoms with van der Waals surface area (Å²) in [6.07, 6.45) is 0.0921. The van der Waals surface area contributed by atoms with E-state index in [2.05, 4.69) is 10.1 Å². The molecular weight excluding hydrogens is 324 g/mol. The van der Waals surface area contributed by atoms with Gasteiger partial charge in [0.2, 0.25) is 0 Å². The fraction of sp³-hybridized carbons (Fsp3) is 0.353. The summed E-state index contributed by atoms with van der Waals surface area (Å²) in [6.45, 7) is 3.72. The fourth-order valence-electron chi connectivity index (χ4n) is 3.00. The van der Waals surface area contributed by atoms with E-state index in [1.165, 1.54) is 11.3 Å². The Morgan fingerprint density at radius 3 is 3.08 bits per heavy atom. The normalized spacial score (nSPS) is 15.5. The molecule has 0 saturated carbocycles. The van der Waals surface area contributed by atoms with Crippen molar-refractivity contribution in [3.05, 3.63) is 46.7 Å². The van der Waals surface area contributed by atoms with E-state index in [0.717, 1.165) is 15.9 Å². The quantitative estimate of drug-likeness (QED) is 0.794. The summed E-state index contributed by atoms with van der Waals surface area (Å²) in [5.41, 5.74) is 5.06. The molecule has 1 N–H and O–H groups in total. The summed E-state index contributed by atoms with van der Waals surface area (Å²) < 4.78 is 2.92. The molecule has 1 aromatic carbocycles. The standard InChI is InChI=1S/C17H18N4O2S/c1-2-15(22)14-8-12-9-20(5-6-21(12)19-14)17(23)11-3-4-13-16(7-11)24-10-18-13/h3-4,7-8,10,15,22H,2,5-6,9H2,1H3. The first-order valence-corrected chi connectivity index (χ1v) is 8.91. The van der Waals surface area contributed by atoms with Gasteiger partial charge in [0, 0.05) is 12.1 Å². The maximum absolute atomic E-state index is 12.8. The largest absolute Gasteiger partial charge is 0.387 e. The molecular formula is C17H18N4O2S. The number of nitrogens with zero attached hydrogens (tertiary/aromatic N) is 4. The van der Waals surface area contributed by atoms with Crippen molar-refractivity contribution in [1.29, 1.82) is 0 Å². The molecule has 0 radical (unpaired) electrons. The Balaban J connectivity index is 1.57. The SMILES string of the molecule is CCC(O)c1cc2n(n1)CCN(C(=O)c1ccc3ncsc3c1)C2. The number of aliphatic hydroxyl groups is 1. The highest BCUT2D eigenvalue weighted by molar-refractivity contribution is 7.16. The van der Waals surface area contributed by atoms with Crippen molar-refractivity contribution in [3.8, 4) is 0 Å². The van der Waals surface area contributed by atoms with E-state index in [0.29, 0.717) is 37.3 Å². The van der Waals surface area contributed by atoms with Crippen LogP contribution in [0, 0.1) is 0 Å². The Kier molecular flexibility index (Phi) is 3.82. The van der Waals surface area contributed by atoms with Gasteiger partial charge in [-0.15, -0.1) is 11.3 Å². The van der Waals surface area contributed by atoms with Gasteiger partial charge in [0.1, 0.15) is 0 Å². The van der Waals surface area contributed by atoms with E-state index >= 15 is 0 Å². The number of carbonyl (C=O) groups excluding carboxylic acids is 1. The summed E-state index contributed by atoms with van der Waals surface area (Å²) in [6, 6.07) is 7.54. The molecule has 0 saturated heterocycles.